The van der Waals surface area contributed by atoms with Gasteiger partial charge < -0.3 is 15.5 Å². The number of nitrogens with two attached hydrogens (primary N) is 1. The number of nitrogen functional groups attached to an aromatic ring is 1. The summed E-state index contributed by atoms with van der Waals surface area (Å²) < 4.78 is 18.5. The van der Waals surface area contributed by atoms with E-state index in [1.807, 2.05) is 6.07 Å². The first-order valence-electron chi connectivity index (χ1n) is 5.79. The van der Waals surface area contributed by atoms with Crippen LogP contribution in [0.25, 0.3) is 11.1 Å². The molecule has 6 heteroatoms. The van der Waals surface area contributed by atoms with Crippen LogP contribution < -0.4 is 11.1 Å². The maximum Gasteiger partial charge on any atom is 0.300 e. The summed E-state index contributed by atoms with van der Waals surface area (Å²) in [6.07, 6.45) is 0. The van der Waals surface area contributed by atoms with E-state index in [1.165, 1.54) is 12.1 Å². The average molecular weight is 268 g/mol. The number of hydrogen-bond donors (Lipinski definition) is 2. The fourth-order valence-corrected chi connectivity index (χ4v) is 1.86. The third-order valence-electron chi connectivity index (χ3n) is 2.79. The summed E-state index contributed by atoms with van der Waals surface area (Å²) >= 11 is 0. The van der Waals surface area contributed by atoms with Crippen LogP contribution in [0.1, 0.15) is 5.56 Å². The number of para-hydroxylation sites is 1. The van der Waals surface area contributed by atoms with Crippen LogP contribution in [0.5, 0.6) is 0 Å². The molecule has 0 radical (unpaired) electrons. The summed E-state index contributed by atoms with van der Waals surface area (Å²) in [6.45, 7) is 0. The van der Waals surface area contributed by atoms with Gasteiger partial charge in [-0.3, -0.25) is 0 Å². The van der Waals surface area contributed by atoms with E-state index < -0.39 is 5.82 Å². The van der Waals surface area contributed by atoms with Crippen LogP contribution in [0.3, 0.4) is 0 Å². The topological polar surface area (TPSA) is 87.9 Å². The third kappa shape index (κ3) is 2.01. The monoisotopic (exact) mass is 268 g/mol. The van der Waals surface area contributed by atoms with Crippen LogP contribution >= 0.6 is 0 Å². The number of fused-ring (bicyclic) bond motifs is 1. The van der Waals surface area contributed by atoms with Crippen LogP contribution in [0.4, 0.5) is 21.8 Å². The Morgan fingerprint density at radius 2 is 2.15 bits per heavy atom. The molecule has 0 aliphatic heterocycles. The molecule has 1 aromatic heterocycles. The highest BCUT2D eigenvalue weighted by molar-refractivity contribution is 5.86. The van der Waals surface area contributed by atoms with Gasteiger partial charge >= 0.3 is 0 Å². The zero-order chi connectivity index (χ0) is 14.1. The van der Waals surface area contributed by atoms with Gasteiger partial charge in [0.05, 0.1) is 16.9 Å². The van der Waals surface area contributed by atoms with Gasteiger partial charge in [0, 0.05) is 0 Å². The number of halogens is 1. The van der Waals surface area contributed by atoms with Crippen molar-refractivity contribution in [1.82, 2.24) is 4.98 Å². The lowest BCUT2D eigenvalue weighted by molar-refractivity contribution is 0.621. The second kappa shape index (κ2) is 4.55. The number of benzene rings is 2. The minimum atomic E-state index is -0.478. The molecule has 98 valence electrons. The van der Waals surface area contributed by atoms with Crippen molar-refractivity contribution in [2.75, 3.05) is 11.1 Å². The molecule has 0 unspecified atom stereocenters. The fourth-order valence-electron chi connectivity index (χ4n) is 1.86. The van der Waals surface area contributed by atoms with E-state index in [1.54, 1.807) is 18.2 Å². The van der Waals surface area contributed by atoms with Crippen LogP contribution in [-0.2, 0) is 0 Å². The lowest BCUT2D eigenvalue weighted by Crippen LogP contribution is -1.94. The Kier molecular flexibility index (Phi) is 2.73. The molecule has 0 aliphatic rings. The van der Waals surface area contributed by atoms with Gasteiger partial charge in [-0.1, -0.05) is 6.07 Å². The Morgan fingerprint density at radius 1 is 1.30 bits per heavy atom. The molecule has 20 heavy (non-hydrogen) atoms. The van der Waals surface area contributed by atoms with Crippen LogP contribution in [-0.4, -0.2) is 4.98 Å². The number of rotatable bonds is 2. The van der Waals surface area contributed by atoms with Crippen molar-refractivity contribution in [3.05, 3.63) is 47.8 Å². The number of aromatic nitrogens is 1. The molecule has 1 heterocycles. The summed E-state index contributed by atoms with van der Waals surface area (Å²) in [7, 11) is 0. The molecule has 0 saturated carbocycles. The Hall–Kier alpha value is -3.07. The zero-order valence-corrected chi connectivity index (χ0v) is 10.2. The first-order valence-corrected chi connectivity index (χ1v) is 5.79. The van der Waals surface area contributed by atoms with E-state index in [0.717, 1.165) is 6.07 Å². The molecular weight excluding hydrogens is 259 g/mol. The Bertz CT molecular complexity index is 835. The summed E-state index contributed by atoms with van der Waals surface area (Å²) in [5.74, 6) is -0.478. The fraction of sp³-hybridized carbons (Fsp3) is 0. The van der Waals surface area contributed by atoms with Crippen molar-refractivity contribution in [3.8, 4) is 6.07 Å². The highest BCUT2D eigenvalue weighted by atomic mass is 19.1. The van der Waals surface area contributed by atoms with Crippen molar-refractivity contribution < 1.29 is 8.81 Å². The van der Waals surface area contributed by atoms with Crippen molar-refractivity contribution in [3.63, 3.8) is 0 Å². The molecule has 3 aromatic rings. The molecule has 0 saturated heterocycles. The maximum atomic E-state index is 13.1. The van der Waals surface area contributed by atoms with Gasteiger partial charge in [0.15, 0.2) is 5.58 Å². The molecule has 5 nitrogen and oxygen atoms in total. The van der Waals surface area contributed by atoms with Crippen LogP contribution in [0, 0.1) is 17.1 Å². The van der Waals surface area contributed by atoms with Crippen molar-refractivity contribution >= 4 is 28.5 Å². The largest absolute Gasteiger partial charge is 0.423 e. The number of anilines is 3. The van der Waals surface area contributed by atoms with Crippen molar-refractivity contribution in [2.24, 2.45) is 0 Å². The molecule has 0 fully saturated rings. The van der Waals surface area contributed by atoms with E-state index in [9.17, 15) is 4.39 Å². The van der Waals surface area contributed by atoms with Gasteiger partial charge in [-0.25, -0.2) is 4.39 Å². The van der Waals surface area contributed by atoms with Gasteiger partial charge in [-0.15, -0.1) is 0 Å². The number of hydrogen-bond acceptors (Lipinski definition) is 5. The SMILES string of the molecule is N#Cc1cc(F)ccc1Nc1nc2c(N)cccc2o1. The highest BCUT2D eigenvalue weighted by Gasteiger charge is 2.10. The lowest BCUT2D eigenvalue weighted by Gasteiger charge is -2.03. The van der Waals surface area contributed by atoms with Gasteiger partial charge in [-0.05, 0) is 30.3 Å². The van der Waals surface area contributed by atoms with Crippen molar-refractivity contribution in [1.29, 1.82) is 5.26 Å². The first kappa shape index (κ1) is 12.0. The van der Waals surface area contributed by atoms with Gasteiger partial charge in [0.1, 0.15) is 17.4 Å². The molecular formula is C14H9FN4O. The van der Waals surface area contributed by atoms with Crippen molar-refractivity contribution in [2.45, 2.75) is 0 Å². The molecule has 0 atom stereocenters. The van der Waals surface area contributed by atoms with E-state index >= 15 is 0 Å². The summed E-state index contributed by atoms with van der Waals surface area (Å²) in [5.41, 5.74) is 7.94. The van der Waals surface area contributed by atoms with Gasteiger partial charge in [0.25, 0.3) is 6.01 Å². The molecule has 0 amide bonds. The van der Waals surface area contributed by atoms with E-state index in [0.29, 0.717) is 22.5 Å². The molecule has 0 bridgehead atoms. The number of nitriles is 1. The zero-order valence-electron chi connectivity index (χ0n) is 10.2. The minimum absolute atomic E-state index is 0.167. The number of nitrogens with zero attached hydrogens (tertiary/aromatic N) is 2. The Balaban J connectivity index is 2.02. The van der Waals surface area contributed by atoms with E-state index in [-0.39, 0.29) is 11.6 Å². The molecule has 2 aromatic carbocycles. The van der Waals surface area contributed by atoms with Gasteiger partial charge in [-0.2, -0.15) is 10.2 Å². The molecule has 0 aliphatic carbocycles. The summed E-state index contributed by atoms with van der Waals surface area (Å²) in [6, 6.07) is 11.1. The predicted molar refractivity (Wildman–Crippen MR) is 72.8 cm³/mol. The van der Waals surface area contributed by atoms with Crippen LogP contribution in [0.15, 0.2) is 40.8 Å². The Morgan fingerprint density at radius 3 is 2.90 bits per heavy atom. The first-order chi connectivity index (χ1) is 9.67. The van der Waals surface area contributed by atoms with E-state index in [4.69, 9.17) is 15.4 Å². The minimum Gasteiger partial charge on any atom is -0.423 e. The Labute approximate surface area is 113 Å². The van der Waals surface area contributed by atoms with Crippen LogP contribution in [0.2, 0.25) is 0 Å². The summed E-state index contributed by atoms with van der Waals surface area (Å²) in [5, 5.41) is 11.8. The van der Waals surface area contributed by atoms with E-state index in [2.05, 4.69) is 10.3 Å². The number of nitrogens with one attached hydrogen (secondary N) is 1. The second-order valence-corrected chi connectivity index (χ2v) is 4.14. The molecule has 0 spiro atoms. The highest BCUT2D eigenvalue weighted by Crippen LogP contribution is 2.27. The predicted octanol–water partition coefficient (Wildman–Crippen LogP) is 3.16. The normalized spacial score (nSPS) is 10.4. The summed E-state index contributed by atoms with van der Waals surface area (Å²) in [4.78, 5) is 4.20. The lowest BCUT2D eigenvalue weighted by atomic mass is 10.2. The molecule has 3 rings (SSSR count). The number of oxazole rings is 1. The maximum absolute atomic E-state index is 13.1. The quantitative estimate of drug-likeness (QED) is 0.697. The smallest absolute Gasteiger partial charge is 0.300 e. The van der Waals surface area contributed by atoms with Gasteiger partial charge in [0.2, 0.25) is 0 Å². The second-order valence-electron chi connectivity index (χ2n) is 4.14. The third-order valence-corrected chi connectivity index (χ3v) is 2.79. The average Bonchev–Trinajstić information content (AvgIpc) is 2.85. The standard InChI is InChI=1S/C14H9FN4O/c15-9-4-5-11(8(6-9)7-16)18-14-19-13-10(17)2-1-3-12(13)20-14/h1-6H,17H2,(H,18,19). The molecule has 3 N–H and O–H groups in total.